The quantitative estimate of drug-likeness (QED) is 0.928. The lowest BCUT2D eigenvalue weighted by atomic mass is 10.1. The van der Waals surface area contributed by atoms with Gasteiger partial charge in [0.05, 0.1) is 6.20 Å². The fraction of sp³-hybridized carbons (Fsp3) is 0.214. The van der Waals surface area contributed by atoms with Gasteiger partial charge in [-0.25, -0.2) is 4.39 Å². The van der Waals surface area contributed by atoms with E-state index >= 15 is 0 Å². The Bertz CT molecular complexity index is 531. The number of benzene rings is 1. The number of aromatic nitrogens is 1. The summed E-state index contributed by atoms with van der Waals surface area (Å²) in [5.74, 6) is -0.302. The summed E-state index contributed by atoms with van der Waals surface area (Å²) in [5.41, 5.74) is 2.03. The maximum Gasteiger partial charge on any atom is 0.141 e. The Morgan fingerprint density at radius 2 is 2.17 bits per heavy atom. The summed E-state index contributed by atoms with van der Waals surface area (Å²) in [6, 6.07) is 9.66. The fourth-order valence-corrected chi connectivity index (χ4v) is 2.15. The van der Waals surface area contributed by atoms with E-state index in [2.05, 4.69) is 32.3 Å². The van der Waals surface area contributed by atoms with E-state index in [-0.39, 0.29) is 11.9 Å². The van der Waals surface area contributed by atoms with Crippen LogP contribution in [0.15, 0.2) is 47.2 Å². The Morgan fingerprint density at radius 3 is 2.89 bits per heavy atom. The van der Waals surface area contributed by atoms with Crippen molar-refractivity contribution in [2.24, 2.45) is 0 Å². The summed E-state index contributed by atoms with van der Waals surface area (Å²) in [6.07, 6.45) is 2.90. The third kappa shape index (κ3) is 3.62. The van der Waals surface area contributed by atoms with E-state index in [4.69, 9.17) is 0 Å². The van der Waals surface area contributed by atoms with Gasteiger partial charge in [0.1, 0.15) is 5.82 Å². The van der Waals surface area contributed by atoms with E-state index in [1.54, 1.807) is 6.20 Å². The first-order valence-electron chi connectivity index (χ1n) is 5.73. The molecule has 0 bridgehead atoms. The molecule has 0 saturated heterocycles. The van der Waals surface area contributed by atoms with Crippen LogP contribution < -0.4 is 5.32 Å². The first-order chi connectivity index (χ1) is 8.65. The van der Waals surface area contributed by atoms with Crippen molar-refractivity contribution >= 4 is 15.9 Å². The normalized spacial score (nSPS) is 12.4. The summed E-state index contributed by atoms with van der Waals surface area (Å²) in [6.45, 7) is 2.73. The van der Waals surface area contributed by atoms with Crippen LogP contribution in [-0.2, 0) is 6.54 Å². The van der Waals surface area contributed by atoms with Crippen LogP contribution in [-0.4, -0.2) is 4.98 Å². The smallest absolute Gasteiger partial charge is 0.141 e. The van der Waals surface area contributed by atoms with Gasteiger partial charge in [0.25, 0.3) is 0 Å². The maximum absolute atomic E-state index is 13.0. The van der Waals surface area contributed by atoms with Gasteiger partial charge < -0.3 is 5.32 Å². The zero-order chi connectivity index (χ0) is 13.0. The van der Waals surface area contributed by atoms with Crippen molar-refractivity contribution in [2.45, 2.75) is 19.5 Å². The summed E-state index contributed by atoms with van der Waals surface area (Å²) >= 11 is 3.44. The number of hydrogen-bond acceptors (Lipinski definition) is 2. The fourth-order valence-electron chi connectivity index (χ4n) is 1.70. The Labute approximate surface area is 114 Å². The van der Waals surface area contributed by atoms with Gasteiger partial charge in [-0.3, -0.25) is 4.98 Å². The Morgan fingerprint density at radius 1 is 1.33 bits per heavy atom. The highest BCUT2D eigenvalue weighted by molar-refractivity contribution is 9.10. The SMILES string of the molecule is CC(NCc1cccc(Br)c1)c1cncc(F)c1. The summed E-state index contributed by atoms with van der Waals surface area (Å²) in [4.78, 5) is 3.85. The largest absolute Gasteiger partial charge is 0.306 e. The van der Waals surface area contributed by atoms with Crippen molar-refractivity contribution in [3.05, 3.63) is 64.1 Å². The van der Waals surface area contributed by atoms with Crippen molar-refractivity contribution in [1.82, 2.24) is 10.3 Å². The number of hydrogen-bond donors (Lipinski definition) is 1. The molecule has 0 spiro atoms. The molecule has 0 aliphatic heterocycles. The Balaban J connectivity index is 1.98. The molecule has 2 rings (SSSR count). The van der Waals surface area contributed by atoms with E-state index in [0.29, 0.717) is 0 Å². The molecule has 2 aromatic rings. The molecule has 1 aromatic heterocycles. The summed E-state index contributed by atoms with van der Waals surface area (Å²) in [7, 11) is 0. The van der Waals surface area contributed by atoms with E-state index in [1.807, 2.05) is 25.1 Å². The monoisotopic (exact) mass is 308 g/mol. The lowest BCUT2D eigenvalue weighted by Crippen LogP contribution is -2.18. The molecular weight excluding hydrogens is 295 g/mol. The number of halogens is 2. The minimum absolute atomic E-state index is 0.0622. The molecule has 0 fully saturated rings. The average Bonchev–Trinajstić information content (AvgIpc) is 2.36. The predicted molar refractivity (Wildman–Crippen MR) is 73.6 cm³/mol. The van der Waals surface area contributed by atoms with Crippen molar-refractivity contribution < 1.29 is 4.39 Å². The molecular formula is C14H14BrFN2. The highest BCUT2D eigenvalue weighted by Crippen LogP contribution is 2.15. The molecule has 18 heavy (non-hydrogen) atoms. The van der Waals surface area contributed by atoms with E-state index in [0.717, 1.165) is 16.6 Å². The van der Waals surface area contributed by atoms with Gasteiger partial charge in [-0.15, -0.1) is 0 Å². The molecule has 1 heterocycles. The third-order valence-electron chi connectivity index (χ3n) is 2.73. The summed E-state index contributed by atoms with van der Waals surface area (Å²) < 4.78 is 14.1. The van der Waals surface area contributed by atoms with Gasteiger partial charge in [-0.1, -0.05) is 28.1 Å². The number of rotatable bonds is 4. The van der Waals surface area contributed by atoms with Crippen LogP contribution in [0.2, 0.25) is 0 Å². The van der Waals surface area contributed by atoms with Crippen LogP contribution in [0.1, 0.15) is 24.1 Å². The molecule has 0 saturated carbocycles. The van der Waals surface area contributed by atoms with Crippen LogP contribution in [0, 0.1) is 5.82 Å². The summed E-state index contributed by atoms with van der Waals surface area (Å²) in [5, 5.41) is 3.34. The molecule has 4 heteroatoms. The zero-order valence-corrected chi connectivity index (χ0v) is 11.6. The Hall–Kier alpha value is -1.26. The number of pyridine rings is 1. The van der Waals surface area contributed by atoms with Gasteiger partial charge in [-0.05, 0) is 36.2 Å². The molecule has 2 nitrogen and oxygen atoms in total. The lowest BCUT2D eigenvalue weighted by molar-refractivity contribution is 0.561. The first-order valence-corrected chi connectivity index (χ1v) is 6.53. The molecule has 0 aliphatic rings. The lowest BCUT2D eigenvalue weighted by Gasteiger charge is -2.14. The van der Waals surface area contributed by atoms with Crippen LogP contribution in [0.3, 0.4) is 0 Å². The topological polar surface area (TPSA) is 24.9 Å². The van der Waals surface area contributed by atoms with E-state index < -0.39 is 0 Å². The second-order valence-electron chi connectivity index (χ2n) is 4.17. The van der Waals surface area contributed by atoms with Crippen LogP contribution in [0.25, 0.3) is 0 Å². The van der Waals surface area contributed by atoms with Crippen LogP contribution in [0.4, 0.5) is 4.39 Å². The van der Waals surface area contributed by atoms with Crippen LogP contribution in [0.5, 0.6) is 0 Å². The molecule has 0 radical (unpaired) electrons. The maximum atomic E-state index is 13.0. The molecule has 0 amide bonds. The molecule has 1 unspecified atom stereocenters. The van der Waals surface area contributed by atoms with Gasteiger partial charge in [-0.2, -0.15) is 0 Å². The highest BCUT2D eigenvalue weighted by Gasteiger charge is 2.06. The molecule has 0 aliphatic carbocycles. The van der Waals surface area contributed by atoms with Gasteiger partial charge in [0.15, 0.2) is 0 Å². The third-order valence-corrected chi connectivity index (χ3v) is 3.22. The molecule has 94 valence electrons. The predicted octanol–water partition coefficient (Wildman–Crippen LogP) is 3.83. The minimum Gasteiger partial charge on any atom is -0.306 e. The molecule has 1 aromatic carbocycles. The van der Waals surface area contributed by atoms with Crippen LogP contribution >= 0.6 is 15.9 Å². The standard InChI is InChI=1S/C14H14BrFN2/c1-10(12-6-14(16)9-17-8-12)18-7-11-3-2-4-13(15)5-11/h2-6,8-10,18H,7H2,1H3. The van der Waals surface area contributed by atoms with Gasteiger partial charge in [0, 0.05) is 23.3 Å². The molecule has 1 atom stereocenters. The van der Waals surface area contributed by atoms with Crippen molar-refractivity contribution in [1.29, 1.82) is 0 Å². The number of nitrogens with zero attached hydrogens (tertiary/aromatic N) is 1. The second kappa shape index (κ2) is 6.07. The molecule has 1 N–H and O–H groups in total. The van der Waals surface area contributed by atoms with Crippen molar-refractivity contribution in [3.63, 3.8) is 0 Å². The van der Waals surface area contributed by atoms with Crippen molar-refractivity contribution in [3.8, 4) is 0 Å². The first kappa shape index (κ1) is 13.2. The highest BCUT2D eigenvalue weighted by atomic mass is 79.9. The number of nitrogens with one attached hydrogen (secondary N) is 1. The van der Waals surface area contributed by atoms with Gasteiger partial charge in [0.2, 0.25) is 0 Å². The van der Waals surface area contributed by atoms with Gasteiger partial charge >= 0.3 is 0 Å². The Kier molecular flexibility index (Phi) is 4.44. The van der Waals surface area contributed by atoms with Crippen molar-refractivity contribution in [2.75, 3.05) is 0 Å². The minimum atomic E-state index is -0.302. The second-order valence-corrected chi connectivity index (χ2v) is 5.08. The average molecular weight is 309 g/mol. The van der Waals surface area contributed by atoms with E-state index in [9.17, 15) is 4.39 Å². The zero-order valence-electron chi connectivity index (χ0n) is 10.0. The van der Waals surface area contributed by atoms with E-state index in [1.165, 1.54) is 17.8 Å².